The van der Waals surface area contributed by atoms with Crippen LogP contribution in [-0.2, 0) is 14.8 Å². The Labute approximate surface area is 186 Å². The number of thioether (sulfide) groups is 1. The fourth-order valence-electron chi connectivity index (χ4n) is 2.83. The number of para-hydroxylation sites is 2. The third-order valence-corrected chi connectivity index (χ3v) is 8.10. The largest absolute Gasteiger partial charge is 0.476 e. The smallest absolute Gasteiger partial charge is 0.269 e. The maximum atomic E-state index is 13.3. The molecule has 30 heavy (non-hydrogen) atoms. The van der Waals surface area contributed by atoms with E-state index in [1.54, 1.807) is 24.3 Å². The van der Waals surface area contributed by atoms with Gasteiger partial charge in [0.25, 0.3) is 15.9 Å². The second-order valence-electron chi connectivity index (χ2n) is 6.13. The number of hydrogen-bond acceptors (Lipinski definition) is 8. The third-order valence-electron chi connectivity index (χ3n) is 4.24. The fourth-order valence-corrected chi connectivity index (χ4v) is 5.60. The quantitative estimate of drug-likeness (QED) is 0.438. The van der Waals surface area contributed by atoms with Gasteiger partial charge in [0.05, 0.1) is 17.1 Å². The van der Waals surface area contributed by atoms with Crippen LogP contribution in [0.1, 0.15) is 0 Å². The minimum absolute atomic E-state index is 0.0662. The summed E-state index contributed by atoms with van der Waals surface area (Å²) in [5.74, 6) is -0.215. The highest BCUT2D eigenvalue weighted by Crippen LogP contribution is 2.37. The van der Waals surface area contributed by atoms with Gasteiger partial charge in [-0.2, -0.15) is 0 Å². The predicted octanol–water partition coefficient (Wildman–Crippen LogP) is 3.51. The first-order valence-corrected chi connectivity index (χ1v) is 12.5. The summed E-state index contributed by atoms with van der Waals surface area (Å²) < 4.78 is 34.3. The maximum absolute atomic E-state index is 13.3. The number of hydrogen-bond donors (Lipinski definition) is 1. The molecule has 2 heterocycles. The SMILES string of the molecule is CSc1nnc(NC(=O)[C@H]2CN(S(=O)(=O)c3ccc(Cl)cc3)c3ccccc3O2)s1. The van der Waals surface area contributed by atoms with E-state index in [4.69, 9.17) is 16.3 Å². The lowest BCUT2D eigenvalue weighted by molar-refractivity contribution is -0.122. The number of aromatic nitrogens is 2. The highest BCUT2D eigenvalue weighted by molar-refractivity contribution is 8.00. The summed E-state index contributed by atoms with van der Waals surface area (Å²) in [6, 6.07) is 12.5. The molecule has 3 aromatic rings. The molecule has 0 bridgehead atoms. The predicted molar refractivity (Wildman–Crippen MR) is 117 cm³/mol. The molecule has 1 amide bonds. The van der Waals surface area contributed by atoms with E-state index < -0.39 is 22.0 Å². The first-order valence-electron chi connectivity index (χ1n) is 8.61. The Balaban J connectivity index is 1.65. The molecule has 8 nitrogen and oxygen atoms in total. The number of carbonyl (C=O) groups excluding carboxylic acids is 1. The van der Waals surface area contributed by atoms with Crippen molar-refractivity contribution in [3.8, 4) is 5.75 Å². The number of halogens is 1. The third kappa shape index (κ3) is 4.10. The second-order valence-corrected chi connectivity index (χ2v) is 10.5. The zero-order chi connectivity index (χ0) is 21.3. The van der Waals surface area contributed by atoms with Gasteiger partial charge in [0, 0.05) is 5.02 Å². The molecular formula is C18H15ClN4O4S3. The van der Waals surface area contributed by atoms with E-state index >= 15 is 0 Å². The summed E-state index contributed by atoms with van der Waals surface area (Å²) in [5.41, 5.74) is 0.358. The lowest BCUT2D eigenvalue weighted by atomic mass is 10.2. The lowest BCUT2D eigenvalue weighted by Crippen LogP contribution is -2.48. The maximum Gasteiger partial charge on any atom is 0.269 e. The van der Waals surface area contributed by atoms with Crippen molar-refractivity contribution < 1.29 is 17.9 Å². The average molecular weight is 483 g/mol. The Kier molecular flexibility index (Phi) is 5.87. The molecule has 0 saturated carbocycles. The van der Waals surface area contributed by atoms with Crippen molar-refractivity contribution in [3.05, 3.63) is 53.6 Å². The van der Waals surface area contributed by atoms with Gasteiger partial charge in [-0.3, -0.25) is 14.4 Å². The summed E-state index contributed by atoms with van der Waals surface area (Å²) in [5, 5.41) is 11.2. The van der Waals surface area contributed by atoms with Crippen molar-refractivity contribution in [2.24, 2.45) is 0 Å². The standard InChI is InChI=1S/C18H15ClN4O4S3/c1-28-18-22-21-17(29-18)20-16(24)15-10-23(13-4-2-3-5-14(13)27-15)30(25,26)12-8-6-11(19)7-9-12/h2-9,15H,10H2,1H3,(H,20,21,24)/t15-/m1/s1. The molecule has 1 aliphatic rings. The summed E-state index contributed by atoms with van der Waals surface area (Å²) in [6.07, 6.45) is 0.788. The number of benzene rings is 2. The average Bonchev–Trinajstić information content (AvgIpc) is 3.20. The van der Waals surface area contributed by atoms with E-state index in [0.29, 0.717) is 25.9 Å². The number of rotatable bonds is 5. The van der Waals surface area contributed by atoms with Gasteiger partial charge in [-0.05, 0) is 42.7 Å². The molecule has 1 atom stereocenters. The number of sulfonamides is 1. The first-order chi connectivity index (χ1) is 14.4. The van der Waals surface area contributed by atoms with Crippen LogP contribution < -0.4 is 14.4 Å². The van der Waals surface area contributed by atoms with Crippen molar-refractivity contribution >= 4 is 61.4 Å². The van der Waals surface area contributed by atoms with Gasteiger partial charge in [-0.1, -0.05) is 46.8 Å². The van der Waals surface area contributed by atoms with Gasteiger partial charge in [-0.15, -0.1) is 10.2 Å². The van der Waals surface area contributed by atoms with Crippen LogP contribution in [0.3, 0.4) is 0 Å². The van der Waals surface area contributed by atoms with Crippen LogP contribution in [0.15, 0.2) is 57.8 Å². The van der Waals surface area contributed by atoms with E-state index in [1.165, 1.54) is 51.7 Å². The Morgan fingerprint density at radius 3 is 2.67 bits per heavy atom. The molecule has 4 rings (SSSR count). The van der Waals surface area contributed by atoms with Crippen LogP contribution in [0.5, 0.6) is 5.75 Å². The van der Waals surface area contributed by atoms with Crippen LogP contribution in [0.25, 0.3) is 0 Å². The highest BCUT2D eigenvalue weighted by Gasteiger charge is 2.37. The number of amides is 1. The van der Waals surface area contributed by atoms with Gasteiger partial charge in [0.15, 0.2) is 10.4 Å². The van der Waals surface area contributed by atoms with Crippen molar-refractivity contribution in [2.75, 3.05) is 22.4 Å². The highest BCUT2D eigenvalue weighted by atomic mass is 35.5. The first kappa shape index (κ1) is 20.9. The molecule has 1 aliphatic heterocycles. The Hall–Kier alpha value is -2.34. The number of nitrogens with one attached hydrogen (secondary N) is 1. The van der Waals surface area contributed by atoms with E-state index in [0.717, 1.165) is 0 Å². The van der Waals surface area contributed by atoms with Crippen LogP contribution >= 0.6 is 34.7 Å². The summed E-state index contributed by atoms with van der Waals surface area (Å²) in [6.45, 7) is -0.192. The van der Waals surface area contributed by atoms with Crippen LogP contribution in [-0.4, -0.2) is 43.4 Å². The molecule has 0 aliphatic carbocycles. The summed E-state index contributed by atoms with van der Waals surface area (Å²) >= 11 is 8.52. The van der Waals surface area contributed by atoms with Gasteiger partial charge >= 0.3 is 0 Å². The normalized spacial score (nSPS) is 15.9. The molecule has 0 radical (unpaired) electrons. The van der Waals surface area contributed by atoms with Gasteiger partial charge in [0.1, 0.15) is 5.75 Å². The molecule has 1 N–H and O–H groups in total. The minimum atomic E-state index is -3.95. The zero-order valence-corrected chi connectivity index (χ0v) is 18.7. The van der Waals surface area contributed by atoms with Gasteiger partial charge in [0.2, 0.25) is 5.13 Å². The molecular weight excluding hydrogens is 468 g/mol. The van der Waals surface area contributed by atoms with Gasteiger partial charge in [-0.25, -0.2) is 8.42 Å². The molecule has 12 heteroatoms. The van der Waals surface area contributed by atoms with E-state index in [-0.39, 0.29) is 11.4 Å². The number of ether oxygens (including phenoxy) is 1. The molecule has 156 valence electrons. The van der Waals surface area contributed by atoms with Gasteiger partial charge < -0.3 is 4.74 Å². The van der Waals surface area contributed by atoms with E-state index in [2.05, 4.69) is 15.5 Å². The molecule has 1 aromatic heterocycles. The second kappa shape index (κ2) is 8.42. The van der Waals surface area contributed by atoms with E-state index in [9.17, 15) is 13.2 Å². The van der Waals surface area contributed by atoms with Crippen LogP contribution in [0.2, 0.25) is 5.02 Å². The lowest BCUT2D eigenvalue weighted by Gasteiger charge is -2.34. The molecule has 0 unspecified atom stereocenters. The monoisotopic (exact) mass is 482 g/mol. The molecule has 0 spiro atoms. The fraction of sp³-hybridized carbons (Fsp3) is 0.167. The van der Waals surface area contributed by atoms with Crippen molar-refractivity contribution in [2.45, 2.75) is 15.3 Å². The molecule has 2 aromatic carbocycles. The topological polar surface area (TPSA) is 101 Å². The van der Waals surface area contributed by atoms with Crippen molar-refractivity contribution in [3.63, 3.8) is 0 Å². The van der Waals surface area contributed by atoms with E-state index in [1.807, 2.05) is 6.26 Å². The minimum Gasteiger partial charge on any atom is -0.476 e. The Morgan fingerprint density at radius 1 is 1.23 bits per heavy atom. The molecule has 0 saturated heterocycles. The number of anilines is 2. The summed E-state index contributed by atoms with van der Waals surface area (Å²) in [4.78, 5) is 12.9. The summed E-state index contributed by atoms with van der Waals surface area (Å²) in [7, 11) is -3.95. The Morgan fingerprint density at radius 2 is 1.97 bits per heavy atom. The van der Waals surface area contributed by atoms with Crippen molar-refractivity contribution in [1.29, 1.82) is 0 Å². The van der Waals surface area contributed by atoms with Crippen LogP contribution in [0, 0.1) is 0 Å². The van der Waals surface area contributed by atoms with Crippen LogP contribution in [0.4, 0.5) is 10.8 Å². The molecule has 0 fully saturated rings. The van der Waals surface area contributed by atoms with Crippen molar-refractivity contribution in [1.82, 2.24) is 10.2 Å². The Bertz CT molecular complexity index is 1180. The zero-order valence-electron chi connectivity index (χ0n) is 15.5. The number of nitrogens with zero attached hydrogens (tertiary/aromatic N) is 3. The number of fused-ring (bicyclic) bond motifs is 1. The number of carbonyl (C=O) groups is 1.